The van der Waals surface area contributed by atoms with Crippen LogP contribution < -0.4 is 5.32 Å². The van der Waals surface area contributed by atoms with Crippen molar-refractivity contribution >= 4 is 43.8 Å². The lowest BCUT2D eigenvalue weighted by Gasteiger charge is -2.04. The van der Waals surface area contributed by atoms with E-state index in [0.29, 0.717) is 21.3 Å². The number of rotatable bonds is 5. The zero-order valence-electron chi connectivity index (χ0n) is 14.7. The molecule has 0 aliphatic rings. The number of carbonyl (C=O) groups is 1. The Labute approximate surface area is 167 Å². The van der Waals surface area contributed by atoms with Crippen LogP contribution in [-0.2, 0) is 15.6 Å². The topological polar surface area (TPSA) is 76.1 Å². The largest absolute Gasteiger partial charge is 0.298 e. The van der Waals surface area contributed by atoms with Crippen molar-refractivity contribution in [3.63, 3.8) is 0 Å². The average molecular weight is 421 g/mol. The van der Waals surface area contributed by atoms with Gasteiger partial charge in [0.2, 0.25) is 0 Å². The molecule has 0 spiro atoms. The Morgan fingerprint density at radius 2 is 1.74 bits per heavy atom. The SMILES string of the molecule is Cc1sc(NC(=O)c2ccc(CS(C)(=O)=O)cc2)nc1-c1ccc(Cl)cc1. The Balaban J connectivity index is 1.74. The van der Waals surface area contributed by atoms with Crippen LogP contribution in [-0.4, -0.2) is 25.6 Å². The van der Waals surface area contributed by atoms with Gasteiger partial charge in [-0.2, -0.15) is 0 Å². The van der Waals surface area contributed by atoms with E-state index in [1.165, 1.54) is 17.6 Å². The van der Waals surface area contributed by atoms with Crippen LogP contribution in [0.1, 0.15) is 20.8 Å². The van der Waals surface area contributed by atoms with E-state index < -0.39 is 9.84 Å². The Morgan fingerprint density at radius 3 is 2.33 bits per heavy atom. The summed E-state index contributed by atoms with van der Waals surface area (Å²) in [5.41, 5.74) is 2.81. The van der Waals surface area contributed by atoms with Gasteiger partial charge in [-0.25, -0.2) is 13.4 Å². The normalized spacial score (nSPS) is 11.4. The second kappa shape index (κ2) is 7.80. The van der Waals surface area contributed by atoms with Gasteiger partial charge in [0, 0.05) is 27.3 Å². The highest BCUT2D eigenvalue weighted by Crippen LogP contribution is 2.31. The minimum absolute atomic E-state index is 0.0506. The smallest absolute Gasteiger partial charge is 0.257 e. The van der Waals surface area contributed by atoms with E-state index in [0.717, 1.165) is 16.1 Å². The summed E-state index contributed by atoms with van der Waals surface area (Å²) in [6.07, 6.45) is 1.18. The number of anilines is 1. The number of amides is 1. The van der Waals surface area contributed by atoms with Crippen LogP contribution in [0, 0.1) is 6.92 Å². The monoisotopic (exact) mass is 420 g/mol. The number of sulfone groups is 1. The number of hydrogen-bond acceptors (Lipinski definition) is 5. The summed E-state index contributed by atoms with van der Waals surface area (Å²) in [4.78, 5) is 17.9. The lowest BCUT2D eigenvalue weighted by Crippen LogP contribution is -2.11. The zero-order chi connectivity index (χ0) is 19.6. The maximum absolute atomic E-state index is 12.4. The Kier molecular flexibility index (Phi) is 5.64. The van der Waals surface area contributed by atoms with E-state index in [1.54, 1.807) is 36.4 Å². The molecular weight excluding hydrogens is 404 g/mol. The summed E-state index contributed by atoms with van der Waals surface area (Å²) in [5.74, 6) is -0.345. The second-order valence-electron chi connectivity index (χ2n) is 6.15. The fourth-order valence-electron chi connectivity index (χ4n) is 2.55. The van der Waals surface area contributed by atoms with Crippen molar-refractivity contribution in [1.29, 1.82) is 0 Å². The second-order valence-corrected chi connectivity index (χ2v) is 9.93. The first-order valence-electron chi connectivity index (χ1n) is 8.03. The van der Waals surface area contributed by atoms with Crippen molar-refractivity contribution in [1.82, 2.24) is 4.98 Å². The maximum atomic E-state index is 12.4. The Bertz CT molecular complexity index is 1070. The first-order chi connectivity index (χ1) is 12.7. The standard InChI is InChI=1S/C19H17ClN2O3S2/c1-12-17(14-7-9-16(20)10-8-14)21-19(26-12)22-18(23)15-5-3-13(4-6-15)11-27(2,24)25/h3-10H,11H2,1-2H3,(H,21,22,23). The fourth-order valence-corrected chi connectivity index (χ4v) is 4.30. The van der Waals surface area contributed by atoms with Crippen molar-refractivity contribution in [2.75, 3.05) is 11.6 Å². The van der Waals surface area contributed by atoms with Crippen molar-refractivity contribution in [3.8, 4) is 11.3 Å². The molecule has 8 heteroatoms. The van der Waals surface area contributed by atoms with E-state index in [9.17, 15) is 13.2 Å². The van der Waals surface area contributed by atoms with Gasteiger partial charge in [0.15, 0.2) is 15.0 Å². The van der Waals surface area contributed by atoms with Gasteiger partial charge in [-0.1, -0.05) is 35.9 Å². The van der Waals surface area contributed by atoms with Crippen molar-refractivity contribution in [3.05, 3.63) is 69.6 Å². The molecule has 1 heterocycles. The average Bonchev–Trinajstić information content (AvgIpc) is 2.95. The van der Waals surface area contributed by atoms with Gasteiger partial charge in [0.25, 0.3) is 5.91 Å². The predicted octanol–water partition coefficient (Wildman–Crippen LogP) is 4.57. The van der Waals surface area contributed by atoms with Crippen molar-refractivity contribution < 1.29 is 13.2 Å². The predicted molar refractivity (Wildman–Crippen MR) is 110 cm³/mol. The third-order valence-electron chi connectivity index (χ3n) is 3.78. The first kappa shape index (κ1) is 19.5. The molecule has 0 saturated heterocycles. The highest BCUT2D eigenvalue weighted by Gasteiger charge is 2.14. The number of halogens is 1. The summed E-state index contributed by atoms with van der Waals surface area (Å²) in [5, 5.41) is 3.95. The highest BCUT2D eigenvalue weighted by molar-refractivity contribution is 7.89. The molecule has 0 aliphatic carbocycles. The van der Waals surface area contributed by atoms with Crippen molar-refractivity contribution in [2.24, 2.45) is 0 Å². The number of nitrogens with zero attached hydrogens (tertiary/aromatic N) is 1. The third kappa shape index (κ3) is 5.15. The van der Waals surface area contributed by atoms with Gasteiger partial charge in [-0.15, -0.1) is 11.3 Å². The van der Waals surface area contributed by atoms with Crippen LogP contribution in [0.15, 0.2) is 48.5 Å². The molecule has 0 bridgehead atoms. The van der Waals surface area contributed by atoms with Crippen LogP contribution in [0.25, 0.3) is 11.3 Å². The van der Waals surface area contributed by atoms with E-state index in [-0.39, 0.29) is 11.7 Å². The maximum Gasteiger partial charge on any atom is 0.257 e. The number of hydrogen-bond donors (Lipinski definition) is 1. The highest BCUT2D eigenvalue weighted by atomic mass is 35.5. The molecule has 3 aromatic rings. The summed E-state index contributed by atoms with van der Waals surface area (Å²) in [6.45, 7) is 1.94. The number of aryl methyl sites for hydroxylation is 1. The van der Waals surface area contributed by atoms with E-state index in [2.05, 4.69) is 10.3 Å². The molecule has 0 unspecified atom stereocenters. The van der Waals surface area contributed by atoms with Gasteiger partial charge in [-0.05, 0) is 36.8 Å². The summed E-state index contributed by atoms with van der Waals surface area (Å²) in [7, 11) is -3.11. The number of carbonyl (C=O) groups excluding carboxylic acids is 1. The lowest BCUT2D eigenvalue weighted by molar-refractivity contribution is 0.102. The number of nitrogens with one attached hydrogen (secondary N) is 1. The molecule has 5 nitrogen and oxygen atoms in total. The van der Waals surface area contributed by atoms with Crippen molar-refractivity contribution in [2.45, 2.75) is 12.7 Å². The lowest BCUT2D eigenvalue weighted by atomic mass is 10.1. The molecule has 0 saturated carbocycles. The first-order valence-corrected chi connectivity index (χ1v) is 11.3. The van der Waals surface area contributed by atoms with Gasteiger partial charge >= 0.3 is 0 Å². The summed E-state index contributed by atoms with van der Waals surface area (Å²) >= 11 is 7.31. The molecule has 0 aliphatic heterocycles. The molecule has 1 aromatic heterocycles. The van der Waals surface area contributed by atoms with E-state index in [4.69, 9.17) is 11.6 Å². The molecule has 3 rings (SSSR count). The van der Waals surface area contributed by atoms with Crippen LogP contribution in [0.4, 0.5) is 5.13 Å². The molecule has 1 amide bonds. The molecule has 0 fully saturated rings. The number of benzene rings is 2. The molecule has 140 valence electrons. The Morgan fingerprint density at radius 1 is 1.11 bits per heavy atom. The summed E-state index contributed by atoms with van der Waals surface area (Å²) in [6, 6.07) is 13.9. The number of thiazole rings is 1. The van der Waals surface area contributed by atoms with Crippen LogP contribution in [0.2, 0.25) is 5.02 Å². The zero-order valence-corrected chi connectivity index (χ0v) is 17.1. The molecule has 1 N–H and O–H groups in total. The van der Waals surface area contributed by atoms with Crippen LogP contribution >= 0.6 is 22.9 Å². The minimum atomic E-state index is -3.11. The van der Waals surface area contributed by atoms with E-state index in [1.807, 2.05) is 19.1 Å². The van der Waals surface area contributed by atoms with Crippen LogP contribution in [0.3, 0.4) is 0 Å². The van der Waals surface area contributed by atoms with Gasteiger partial charge < -0.3 is 0 Å². The van der Waals surface area contributed by atoms with E-state index >= 15 is 0 Å². The molecule has 2 aromatic carbocycles. The van der Waals surface area contributed by atoms with Gasteiger partial charge in [-0.3, -0.25) is 10.1 Å². The molecule has 27 heavy (non-hydrogen) atoms. The fraction of sp³-hybridized carbons (Fsp3) is 0.158. The van der Waals surface area contributed by atoms with Gasteiger partial charge in [0.1, 0.15) is 0 Å². The molecular formula is C19H17ClN2O3S2. The van der Waals surface area contributed by atoms with Crippen LogP contribution in [0.5, 0.6) is 0 Å². The third-order valence-corrected chi connectivity index (χ3v) is 5.78. The molecule has 0 atom stereocenters. The van der Waals surface area contributed by atoms with Gasteiger partial charge in [0.05, 0.1) is 11.4 Å². The quantitative estimate of drug-likeness (QED) is 0.656. The Hall–Kier alpha value is -2.22. The molecule has 0 radical (unpaired) electrons. The summed E-state index contributed by atoms with van der Waals surface area (Å²) < 4.78 is 22.7. The minimum Gasteiger partial charge on any atom is -0.298 e. The number of aromatic nitrogens is 1.